The van der Waals surface area contributed by atoms with Crippen LogP contribution >= 0.6 is 15.6 Å². The Morgan fingerprint density at radius 1 is 0.307 bits per heavy atom. The van der Waals surface area contributed by atoms with Crippen molar-refractivity contribution in [3.63, 3.8) is 0 Å². The maximum absolute atomic E-state index is 13.1. The van der Waals surface area contributed by atoms with Gasteiger partial charge in [-0.2, -0.15) is 0 Å². The average Bonchev–Trinajstić information content (AvgIpc) is 0.940. The van der Waals surface area contributed by atoms with Gasteiger partial charge in [-0.1, -0.05) is 349 Å². The van der Waals surface area contributed by atoms with Crippen molar-refractivity contribution in [3.05, 3.63) is 24.3 Å². The molecule has 596 valence electrons. The summed E-state index contributed by atoms with van der Waals surface area (Å²) in [5.74, 6) is 0.167. The number of rotatable bonds is 78. The lowest BCUT2D eigenvalue weighted by atomic mass is 10.0. The van der Waals surface area contributed by atoms with Crippen LogP contribution in [0.4, 0.5) is 0 Å². The molecule has 0 fully saturated rings. The van der Waals surface area contributed by atoms with Crippen LogP contribution in [-0.2, 0) is 65.4 Å². The summed E-state index contributed by atoms with van der Waals surface area (Å²) in [5, 5.41) is 10.6. The number of phosphoric ester groups is 2. The molecule has 0 spiro atoms. The zero-order chi connectivity index (χ0) is 74.4. The Kier molecular flexibility index (Phi) is 70.0. The highest BCUT2D eigenvalue weighted by molar-refractivity contribution is 7.47. The number of hydrogen-bond acceptors (Lipinski definition) is 15. The minimum atomic E-state index is -4.97. The van der Waals surface area contributed by atoms with Crippen molar-refractivity contribution in [2.75, 3.05) is 39.6 Å². The Labute approximate surface area is 618 Å². The quantitative estimate of drug-likeness (QED) is 0.0169. The van der Waals surface area contributed by atoms with E-state index in [4.69, 9.17) is 37.0 Å². The summed E-state index contributed by atoms with van der Waals surface area (Å²) >= 11 is 0. The first-order valence-electron chi connectivity index (χ1n) is 41.7. The van der Waals surface area contributed by atoms with Crippen LogP contribution in [0.1, 0.15) is 402 Å². The van der Waals surface area contributed by atoms with E-state index in [9.17, 15) is 43.2 Å². The summed E-state index contributed by atoms with van der Waals surface area (Å²) in [4.78, 5) is 73.0. The van der Waals surface area contributed by atoms with Gasteiger partial charge in [-0.3, -0.25) is 37.3 Å². The van der Waals surface area contributed by atoms with Crippen LogP contribution in [0.25, 0.3) is 0 Å². The van der Waals surface area contributed by atoms with E-state index in [2.05, 4.69) is 72.8 Å². The number of ether oxygens (including phenoxy) is 4. The lowest BCUT2D eigenvalue weighted by molar-refractivity contribution is -0.161. The van der Waals surface area contributed by atoms with Crippen LogP contribution in [0.15, 0.2) is 24.3 Å². The third kappa shape index (κ3) is 75.6. The van der Waals surface area contributed by atoms with E-state index in [0.29, 0.717) is 31.6 Å². The van der Waals surface area contributed by atoms with E-state index >= 15 is 0 Å². The number of allylic oxidation sites excluding steroid dienone is 4. The lowest BCUT2D eigenvalue weighted by Crippen LogP contribution is -2.30. The van der Waals surface area contributed by atoms with Crippen LogP contribution < -0.4 is 0 Å². The largest absolute Gasteiger partial charge is 0.472 e. The SMILES string of the molecule is CCCCCC/C=C\C=C/CCCCCCCC(=O)O[C@H](COC(=O)CCCCCCCCCCCCCCCCC(C)C)COP(=O)(O)OCC(O)COP(=O)(O)OC[C@@H](COC(=O)CCCCCCCCCC(C)C)OC(=O)CCCCCCCCCCCCCCCCCCC(C)C. The smallest absolute Gasteiger partial charge is 0.462 e. The zero-order valence-electron chi connectivity index (χ0n) is 65.9. The minimum Gasteiger partial charge on any atom is -0.462 e. The fraction of sp³-hybridized carbons (Fsp3) is 0.902. The molecule has 0 saturated carbocycles. The van der Waals surface area contributed by atoms with Gasteiger partial charge in [-0.05, 0) is 69.1 Å². The fourth-order valence-electron chi connectivity index (χ4n) is 12.1. The molecule has 0 saturated heterocycles. The van der Waals surface area contributed by atoms with Gasteiger partial charge in [-0.15, -0.1) is 0 Å². The van der Waals surface area contributed by atoms with Gasteiger partial charge in [0.1, 0.15) is 19.3 Å². The molecule has 19 heteroatoms. The van der Waals surface area contributed by atoms with Crippen molar-refractivity contribution < 1.29 is 80.2 Å². The predicted molar refractivity (Wildman–Crippen MR) is 414 cm³/mol. The molecule has 0 rings (SSSR count). The standard InChI is InChI=1S/C82H156O17P2/c1-8-9-10-11-12-13-14-15-18-26-31-36-43-51-58-65-81(86)98-77(69-92-79(84)63-56-49-42-35-30-25-22-21-24-29-34-40-47-54-61-74(4)5)71-96-100(88,89)94-67-76(83)68-95-101(90,91)97-72-78(70-93-80(85)64-57-50-45-38-41-48-55-62-75(6)7)99-82(87)66-59-52-44-37-32-27-20-17-16-19-23-28-33-39-46-53-60-73(2)3/h13-15,18,73-78,83H,8-12,16-17,19-72H2,1-7H3,(H,88,89)(H,90,91)/b14-13-,18-15-/t76?,77-,78-/m1/s1. The highest BCUT2D eigenvalue weighted by atomic mass is 31.2. The van der Waals surface area contributed by atoms with Crippen LogP contribution in [0.5, 0.6) is 0 Å². The molecule has 5 atom stereocenters. The number of hydrogen-bond donors (Lipinski definition) is 3. The maximum atomic E-state index is 13.1. The van der Waals surface area contributed by atoms with Gasteiger partial charge in [0, 0.05) is 25.7 Å². The molecule has 0 aliphatic carbocycles. The zero-order valence-corrected chi connectivity index (χ0v) is 67.6. The molecule has 3 unspecified atom stereocenters. The molecule has 0 heterocycles. The van der Waals surface area contributed by atoms with Gasteiger partial charge >= 0.3 is 39.5 Å². The molecule has 0 aromatic heterocycles. The first kappa shape index (κ1) is 98.5. The number of unbranched alkanes of at least 4 members (excludes halogenated alkanes) is 43. The first-order chi connectivity index (χ1) is 48.7. The lowest BCUT2D eigenvalue weighted by Gasteiger charge is -2.21. The second-order valence-corrected chi connectivity index (χ2v) is 33.2. The fourth-order valence-corrected chi connectivity index (χ4v) is 13.7. The molecule has 101 heavy (non-hydrogen) atoms. The van der Waals surface area contributed by atoms with Crippen LogP contribution in [0.2, 0.25) is 0 Å². The summed E-state index contributed by atoms with van der Waals surface area (Å²) < 4.78 is 68.7. The second kappa shape index (κ2) is 71.8. The second-order valence-electron chi connectivity index (χ2n) is 30.3. The van der Waals surface area contributed by atoms with Gasteiger partial charge in [0.15, 0.2) is 12.2 Å². The van der Waals surface area contributed by atoms with Gasteiger partial charge < -0.3 is 33.8 Å². The van der Waals surface area contributed by atoms with Gasteiger partial charge in [0.2, 0.25) is 0 Å². The van der Waals surface area contributed by atoms with E-state index in [1.165, 1.54) is 193 Å². The number of aliphatic hydroxyl groups is 1. The highest BCUT2D eigenvalue weighted by Crippen LogP contribution is 2.45. The Morgan fingerprint density at radius 3 is 0.802 bits per heavy atom. The third-order valence-corrected chi connectivity index (χ3v) is 20.4. The number of esters is 4. The molecular weight excluding hydrogens is 1320 g/mol. The Morgan fingerprint density at radius 2 is 0.535 bits per heavy atom. The van der Waals surface area contributed by atoms with Gasteiger partial charge in [0.25, 0.3) is 0 Å². The highest BCUT2D eigenvalue weighted by Gasteiger charge is 2.30. The molecule has 0 aliphatic heterocycles. The molecule has 0 amide bonds. The molecule has 0 radical (unpaired) electrons. The van der Waals surface area contributed by atoms with Crippen LogP contribution in [-0.4, -0.2) is 96.7 Å². The summed E-state index contributed by atoms with van der Waals surface area (Å²) in [6.45, 7) is 11.9. The van der Waals surface area contributed by atoms with Gasteiger partial charge in [0.05, 0.1) is 26.4 Å². The van der Waals surface area contributed by atoms with Crippen LogP contribution in [0, 0.1) is 17.8 Å². The van der Waals surface area contributed by atoms with Crippen molar-refractivity contribution in [1.29, 1.82) is 0 Å². The molecule has 17 nitrogen and oxygen atoms in total. The van der Waals surface area contributed by atoms with Crippen molar-refractivity contribution in [2.24, 2.45) is 17.8 Å². The van der Waals surface area contributed by atoms with Gasteiger partial charge in [-0.25, -0.2) is 9.13 Å². The maximum Gasteiger partial charge on any atom is 0.472 e. The Balaban J connectivity index is 5.26. The molecular formula is C82H156O17P2. The van der Waals surface area contributed by atoms with Crippen molar-refractivity contribution >= 4 is 39.5 Å². The summed E-state index contributed by atoms with van der Waals surface area (Å²) in [6.07, 6.45) is 63.3. The molecule has 0 aromatic rings. The minimum absolute atomic E-state index is 0.0851. The number of phosphoric acid groups is 2. The van der Waals surface area contributed by atoms with E-state index in [0.717, 1.165) is 121 Å². The van der Waals surface area contributed by atoms with Crippen molar-refractivity contribution in [3.8, 4) is 0 Å². The summed E-state index contributed by atoms with van der Waals surface area (Å²) in [6, 6.07) is 0. The summed E-state index contributed by atoms with van der Waals surface area (Å²) in [7, 11) is -9.93. The molecule has 3 N–H and O–H groups in total. The number of carbonyl (C=O) groups is 4. The Bertz CT molecular complexity index is 2050. The third-order valence-electron chi connectivity index (χ3n) is 18.5. The average molecular weight is 1480 g/mol. The van der Waals surface area contributed by atoms with Crippen molar-refractivity contribution in [1.82, 2.24) is 0 Å². The monoisotopic (exact) mass is 1480 g/mol. The molecule has 0 aliphatic rings. The number of carbonyl (C=O) groups excluding carboxylic acids is 4. The Hall–Kier alpha value is -2.46. The first-order valence-corrected chi connectivity index (χ1v) is 44.7. The topological polar surface area (TPSA) is 237 Å². The van der Waals surface area contributed by atoms with E-state index in [1.807, 2.05) is 0 Å². The summed E-state index contributed by atoms with van der Waals surface area (Å²) in [5.41, 5.74) is 0. The van der Waals surface area contributed by atoms with Crippen LogP contribution in [0.3, 0.4) is 0 Å². The molecule has 0 aromatic carbocycles. The predicted octanol–water partition coefficient (Wildman–Crippen LogP) is 24.1. The van der Waals surface area contributed by atoms with E-state index in [-0.39, 0.29) is 25.7 Å². The van der Waals surface area contributed by atoms with E-state index < -0.39 is 97.5 Å². The number of aliphatic hydroxyl groups excluding tert-OH is 1. The van der Waals surface area contributed by atoms with E-state index in [1.54, 1.807) is 0 Å². The van der Waals surface area contributed by atoms with Crippen molar-refractivity contribution in [2.45, 2.75) is 420 Å². The normalized spacial score (nSPS) is 14.1. The molecule has 0 bridgehead atoms.